The molecule has 0 saturated heterocycles. The zero-order valence-corrected chi connectivity index (χ0v) is 13.4. The lowest BCUT2D eigenvalue weighted by Gasteiger charge is -2.00. The van der Waals surface area contributed by atoms with Gasteiger partial charge in [-0.25, -0.2) is 9.98 Å². The number of methoxy groups -OCH3 is 1. The van der Waals surface area contributed by atoms with Gasteiger partial charge >= 0.3 is 5.95 Å². The van der Waals surface area contributed by atoms with Gasteiger partial charge in [-0.3, -0.25) is 0 Å². The van der Waals surface area contributed by atoms with Crippen LogP contribution in [0, 0.1) is 0 Å². The summed E-state index contributed by atoms with van der Waals surface area (Å²) in [5.74, 6) is 0.664. The number of aromatic nitrogens is 3. The molecule has 0 aliphatic carbocycles. The summed E-state index contributed by atoms with van der Waals surface area (Å²) in [6, 6.07) is 7.21. The Bertz CT molecular complexity index is 841. The van der Waals surface area contributed by atoms with Crippen molar-refractivity contribution in [1.29, 1.82) is 0 Å². The predicted octanol–water partition coefficient (Wildman–Crippen LogP) is 3.22. The molecule has 0 saturated carbocycles. The van der Waals surface area contributed by atoms with Gasteiger partial charge in [0.1, 0.15) is 10.8 Å². The number of oxazole rings is 1. The van der Waals surface area contributed by atoms with Crippen LogP contribution in [0.5, 0.6) is 11.7 Å². The Morgan fingerprint density at radius 2 is 2.26 bits per heavy atom. The van der Waals surface area contributed by atoms with Gasteiger partial charge in [-0.15, -0.1) is 10.2 Å². The minimum absolute atomic E-state index is 0.232. The number of hydrogen-bond acceptors (Lipinski definition) is 8. The van der Waals surface area contributed by atoms with Gasteiger partial charge in [0.15, 0.2) is 5.69 Å². The van der Waals surface area contributed by atoms with E-state index in [2.05, 4.69) is 20.2 Å². The number of aliphatic imine (C=N–C) groups is 1. The molecule has 1 aromatic carbocycles. The lowest BCUT2D eigenvalue weighted by Crippen LogP contribution is -1.85. The molecule has 3 rings (SSSR count). The summed E-state index contributed by atoms with van der Waals surface area (Å²) in [5, 5.41) is 19.2. The molecular formula is C15H14N4O3S. The molecule has 0 atom stereocenters. The van der Waals surface area contributed by atoms with Gasteiger partial charge in [-0.1, -0.05) is 24.3 Å². The Kier molecular flexibility index (Phi) is 4.33. The summed E-state index contributed by atoms with van der Waals surface area (Å²) in [7, 11) is 1.58. The van der Waals surface area contributed by atoms with Crippen LogP contribution in [0.2, 0.25) is 0 Å². The van der Waals surface area contributed by atoms with E-state index in [0.717, 1.165) is 11.4 Å². The van der Waals surface area contributed by atoms with Crippen LogP contribution in [0.15, 0.2) is 33.7 Å². The summed E-state index contributed by atoms with van der Waals surface area (Å²) in [5.41, 5.74) is 0.930. The smallest absolute Gasteiger partial charge is 0.312 e. The van der Waals surface area contributed by atoms with Crippen LogP contribution in [0.4, 0.5) is 5.13 Å². The highest BCUT2D eigenvalue weighted by Crippen LogP contribution is 2.28. The maximum absolute atomic E-state index is 9.86. The predicted molar refractivity (Wildman–Crippen MR) is 86.7 cm³/mol. The molecule has 118 valence electrons. The highest BCUT2D eigenvalue weighted by molar-refractivity contribution is 7.14. The normalized spacial score (nSPS) is 11.2. The molecule has 3 aromatic rings. The van der Waals surface area contributed by atoms with Crippen LogP contribution >= 0.6 is 11.3 Å². The molecule has 0 aliphatic heterocycles. The topological polar surface area (TPSA) is 93.6 Å². The van der Waals surface area contributed by atoms with Gasteiger partial charge in [0, 0.05) is 5.56 Å². The summed E-state index contributed by atoms with van der Waals surface area (Å²) in [6.07, 6.45) is 2.21. The van der Waals surface area contributed by atoms with Crippen molar-refractivity contribution in [2.24, 2.45) is 4.99 Å². The van der Waals surface area contributed by atoms with Crippen LogP contribution < -0.4 is 4.74 Å². The molecule has 0 bridgehead atoms. The molecule has 0 fully saturated rings. The quantitative estimate of drug-likeness (QED) is 0.722. The molecule has 1 N–H and O–H groups in total. The minimum Gasteiger partial charge on any atom is -0.497 e. The fourth-order valence-corrected chi connectivity index (χ4v) is 2.47. The number of hydrogen-bond donors (Lipinski definition) is 1. The SMILES string of the molecule is CCc1nnc(/N=C/c2nc(-c3cccc(OC)c3)oc2O)s1. The first kappa shape index (κ1) is 15.2. The first-order valence-electron chi connectivity index (χ1n) is 6.90. The Labute approximate surface area is 136 Å². The van der Waals surface area contributed by atoms with Gasteiger partial charge in [0.2, 0.25) is 11.0 Å². The van der Waals surface area contributed by atoms with Crippen LogP contribution in [0.1, 0.15) is 17.6 Å². The van der Waals surface area contributed by atoms with E-state index >= 15 is 0 Å². The lowest BCUT2D eigenvalue weighted by molar-refractivity contribution is 0.336. The maximum atomic E-state index is 9.86. The first-order chi connectivity index (χ1) is 11.2. The minimum atomic E-state index is -0.299. The molecular weight excluding hydrogens is 316 g/mol. The van der Waals surface area contributed by atoms with Crippen molar-refractivity contribution in [3.63, 3.8) is 0 Å². The second-order valence-corrected chi connectivity index (χ2v) is 5.57. The average molecular weight is 330 g/mol. The van der Waals surface area contributed by atoms with E-state index in [1.165, 1.54) is 17.6 Å². The third-order valence-electron chi connectivity index (χ3n) is 3.01. The monoisotopic (exact) mass is 330 g/mol. The van der Waals surface area contributed by atoms with E-state index in [9.17, 15) is 5.11 Å². The van der Waals surface area contributed by atoms with E-state index in [-0.39, 0.29) is 17.5 Å². The third-order valence-corrected chi connectivity index (χ3v) is 3.98. The molecule has 0 unspecified atom stereocenters. The second kappa shape index (κ2) is 6.57. The van der Waals surface area contributed by atoms with Crippen molar-refractivity contribution in [3.8, 4) is 23.1 Å². The van der Waals surface area contributed by atoms with Gasteiger partial charge in [0.25, 0.3) is 0 Å². The van der Waals surface area contributed by atoms with Crippen molar-refractivity contribution in [2.75, 3.05) is 7.11 Å². The van der Waals surface area contributed by atoms with E-state index in [1.807, 2.05) is 25.1 Å². The van der Waals surface area contributed by atoms with Crippen molar-refractivity contribution in [2.45, 2.75) is 13.3 Å². The molecule has 2 heterocycles. The van der Waals surface area contributed by atoms with Crippen molar-refractivity contribution in [3.05, 3.63) is 35.0 Å². The molecule has 0 amide bonds. The summed E-state index contributed by atoms with van der Waals surface area (Å²) in [4.78, 5) is 8.39. The van der Waals surface area contributed by atoms with Gasteiger partial charge < -0.3 is 14.3 Å². The van der Waals surface area contributed by atoms with Crippen molar-refractivity contribution >= 4 is 22.7 Å². The molecule has 23 heavy (non-hydrogen) atoms. The lowest BCUT2D eigenvalue weighted by atomic mass is 10.2. The largest absolute Gasteiger partial charge is 0.497 e. The summed E-state index contributed by atoms with van der Waals surface area (Å²) in [6.45, 7) is 2.00. The number of rotatable bonds is 5. The molecule has 2 aromatic heterocycles. The number of aromatic hydroxyl groups is 1. The van der Waals surface area contributed by atoms with E-state index in [0.29, 0.717) is 16.4 Å². The maximum Gasteiger partial charge on any atom is 0.312 e. The van der Waals surface area contributed by atoms with E-state index in [4.69, 9.17) is 9.15 Å². The zero-order chi connectivity index (χ0) is 16.2. The average Bonchev–Trinajstić information content (AvgIpc) is 3.19. The Morgan fingerprint density at radius 1 is 1.39 bits per heavy atom. The molecule has 0 radical (unpaired) electrons. The fraction of sp³-hybridized carbons (Fsp3) is 0.200. The van der Waals surface area contributed by atoms with Crippen molar-refractivity contribution in [1.82, 2.24) is 15.2 Å². The van der Waals surface area contributed by atoms with Crippen LogP contribution in [-0.4, -0.2) is 33.6 Å². The highest BCUT2D eigenvalue weighted by atomic mass is 32.1. The van der Waals surface area contributed by atoms with E-state index < -0.39 is 0 Å². The Balaban J connectivity index is 1.85. The number of ether oxygens (including phenoxy) is 1. The first-order valence-corrected chi connectivity index (χ1v) is 7.72. The van der Waals surface area contributed by atoms with Gasteiger partial charge in [0.05, 0.1) is 13.3 Å². The fourth-order valence-electron chi connectivity index (χ4n) is 1.84. The third kappa shape index (κ3) is 3.37. The molecule has 7 nitrogen and oxygen atoms in total. The number of nitrogens with zero attached hydrogens (tertiary/aromatic N) is 4. The number of benzene rings is 1. The number of aryl methyl sites for hydroxylation is 1. The molecule has 8 heteroatoms. The zero-order valence-electron chi connectivity index (χ0n) is 12.6. The molecule has 0 aliphatic rings. The standard InChI is InChI=1S/C15H14N4O3S/c1-3-12-18-19-15(23-12)16-8-11-14(20)22-13(17-11)9-5-4-6-10(7-9)21-2/h4-8,20H,3H2,1-2H3/b16-8+. The van der Waals surface area contributed by atoms with Crippen LogP contribution in [0.3, 0.4) is 0 Å². The summed E-state index contributed by atoms with van der Waals surface area (Å²) >= 11 is 1.39. The highest BCUT2D eigenvalue weighted by Gasteiger charge is 2.13. The van der Waals surface area contributed by atoms with Gasteiger partial charge in [-0.2, -0.15) is 0 Å². The molecule has 0 spiro atoms. The van der Waals surface area contributed by atoms with Crippen LogP contribution in [0.25, 0.3) is 11.5 Å². The summed E-state index contributed by atoms with van der Waals surface area (Å²) < 4.78 is 10.4. The second-order valence-electron chi connectivity index (χ2n) is 4.53. The van der Waals surface area contributed by atoms with Crippen LogP contribution in [-0.2, 0) is 6.42 Å². The van der Waals surface area contributed by atoms with E-state index in [1.54, 1.807) is 13.2 Å². The van der Waals surface area contributed by atoms with Crippen molar-refractivity contribution < 1.29 is 14.3 Å². The van der Waals surface area contributed by atoms with Gasteiger partial charge in [-0.05, 0) is 24.6 Å². The Morgan fingerprint density at radius 3 is 3.00 bits per heavy atom. The Hall–Kier alpha value is -2.74.